The van der Waals surface area contributed by atoms with Gasteiger partial charge in [-0.3, -0.25) is 14.3 Å². The van der Waals surface area contributed by atoms with Crippen LogP contribution in [0.5, 0.6) is 0 Å². The predicted octanol–water partition coefficient (Wildman–Crippen LogP) is 0.833. The van der Waals surface area contributed by atoms with Crippen molar-refractivity contribution in [1.82, 2.24) is 24.2 Å². The van der Waals surface area contributed by atoms with Crippen LogP contribution in [-0.2, 0) is 20.1 Å². The second kappa shape index (κ2) is 5.44. The third-order valence-electron chi connectivity index (χ3n) is 4.61. The molecule has 0 atom stereocenters. The number of primary amides is 1. The van der Waals surface area contributed by atoms with Gasteiger partial charge in [-0.1, -0.05) is 11.6 Å². The molecule has 0 unspecified atom stereocenters. The van der Waals surface area contributed by atoms with Gasteiger partial charge in [0.2, 0.25) is 0 Å². The van der Waals surface area contributed by atoms with Crippen molar-refractivity contribution in [3.05, 3.63) is 47.2 Å². The van der Waals surface area contributed by atoms with E-state index in [-0.39, 0.29) is 5.91 Å². The number of carbonyl (C=O) groups is 2. The number of nitrogens with zero attached hydrogens (tertiary/aromatic N) is 5. The van der Waals surface area contributed by atoms with Gasteiger partial charge in [-0.05, 0) is 19.1 Å². The summed E-state index contributed by atoms with van der Waals surface area (Å²) < 4.78 is 3.49. The first-order chi connectivity index (χ1) is 12.0. The average Bonchev–Trinajstić information content (AvgIpc) is 3.15. The van der Waals surface area contributed by atoms with Crippen molar-refractivity contribution in [2.75, 3.05) is 6.54 Å². The Morgan fingerprint density at radius 1 is 1.24 bits per heavy atom. The maximum atomic E-state index is 13.0. The van der Waals surface area contributed by atoms with Gasteiger partial charge in [0.15, 0.2) is 5.69 Å². The number of aromatic nitrogens is 4. The van der Waals surface area contributed by atoms with E-state index in [1.165, 1.54) is 6.20 Å². The Hall–Kier alpha value is -3.16. The fourth-order valence-corrected chi connectivity index (χ4v) is 3.32. The van der Waals surface area contributed by atoms with E-state index < -0.39 is 5.91 Å². The quantitative estimate of drug-likeness (QED) is 0.748. The first-order valence-electron chi connectivity index (χ1n) is 8.02. The molecule has 0 aliphatic carbocycles. The van der Waals surface area contributed by atoms with Gasteiger partial charge >= 0.3 is 0 Å². The molecule has 0 bridgehead atoms. The summed E-state index contributed by atoms with van der Waals surface area (Å²) in [5.74, 6) is 0.0145. The molecule has 1 aliphatic rings. The van der Waals surface area contributed by atoms with Crippen LogP contribution in [0, 0.1) is 6.92 Å². The second-order valence-corrected chi connectivity index (χ2v) is 6.30. The minimum absolute atomic E-state index is 0.133. The molecule has 128 valence electrons. The summed E-state index contributed by atoms with van der Waals surface area (Å²) in [6.07, 6.45) is 1.46. The predicted molar refractivity (Wildman–Crippen MR) is 90.9 cm³/mol. The van der Waals surface area contributed by atoms with E-state index in [2.05, 4.69) is 10.1 Å². The molecule has 1 aliphatic heterocycles. The number of hydrogen-bond acceptors (Lipinski definition) is 4. The van der Waals surface area contributed by atoms with Crippen LogP contribution >= 0.6 is 0 Å². The molecule has 3 aromatic rings. The second-order valence-electron chi connectivity index (χ2n) is 6.30. The zero-order valence-corrected chi connectivity index (χ0v) is 14.1. The molecule has 25 heavy (non-hydrogen) atoms. The monoisotopic (exact) mass is 338 g/mol. The average molecular weight is 338 g/mol. The van der Waals surface area contributed by atoms with Gasteiger partial charge < -0.3 is 15.2 Å². The molecule has 2 amide bonds. The number of benzene rings is 1. The lowest BCUT2D eigenvalue weighted by molar-refractivity contribution is 0.0701. The molecule has 4 rings (SSSR count). The highest BCUT2D eigenvalue weighted by Crippen LogP contribution is 2.23. The summed E-state index contributed by atoms with van der Waals surface area (Å²) in [6.45, 7) is 3.29. The molecule has 2 aromatic heterocycles. The van der Waals surface area contributed by atoms with Crippen molar-refractivity contribution in [3.63, 3.8) is 0 Å². The Bertz CT molecular complexity index is 1020. The lowest BCUT2D eigenvalue weighted by Gasteiger charge is -2.27. The Balaban J connectivity index is 1.68. The first-order valence-corrected chi connectivity index (χ1v) is 8.02. The van der Waals surface area contributed by atoms with Crippen molar-refractivity contribution < 1.29 is 9.59 Å². The SMILES string of the molecule is Cc1ccc2c(c1)c(C(=O)N1CCn3c(C(N)=O)cnc3C1)nn2C. The minimum atomic E-state index is -0.510. The highest BCUT2D eigenvalue weighted by molar-refractivity contribution is 6.05. The molecule has 2 N–H and O–H groups in total. The van der Waals surface area contributed by atoms with Crippen LogP contribution in [0.4, 0.5) is 0 Å². The van der Waals surface area contributed by atoms with Crippen LogP contribution in [0.1, 0.15) is 32.4 Å². The van der Waals surface area contributed by atoms with Gasteiger partial charge in [0.25, 0.3) is 11.8 Å². The van der Waals surface area contributed by atoms with Crippen molar-refractivity contribution in [1.29, 1.82) is 0 Å². The fourth-order valence-electron chi connectivity index (χ4n) is 3.32. The molecule has 8 heteroatoms. The van der Waals surface area contributed by atoms with E-state index in [1.807, 2.05) is 32.2 Å². The number of nitrogens with two attached hydrogens (primary N) is 1. The summed E-state index contributed by atoms with van der Waals surface area (Å²) in [5.41, 5.74) is 8.17. The van der Waals surface area contributed by atoms with Gasteiger partial charge in [0, 0.05) is 25.5 Å². The minimum Gasteiger partial charge on any atom is -0.364 e. The fraction of sp³-hybridized carbons (Fsp3) is 0.294. The van der Waals surface area contributed by atoms with E-state index >= 15 is 0 Å². The lowest BCUT2D eigenvalue weighted by atomic mass is 10.1. The van der Waals surface area contributed by atoms with Gasteiger partial charge in [-0.15, -0.1) is 0 Å². The van der Waals surface area contributed by atoms with Crippen LogP contribution in [0.3, 0.4) is 0 Å². The van der Waals surface area contributed by atoms with Crippen molar-refractivity contribution in [2.45, 2.75) is 20.0 Å². The summed E-state index contributed by atoms with van der Waals surface area (Å²) in [4.78, 5) is 30.4. The first kappa shape index (κ1) is 15.4. The van der Waals surface area contributed by atoms with Gasteiger partial charge in [0.05, 0.1) is 18.3 Å². The molecule has 0 saturated carbocycles. The normalized spacial score (nSPS) is 13.9. The van der Waals surface area contributed by atoms with Crippen molar-refractivity contribution >= 4 is 22.7 Å². The Labute approximate surface area is 143 Å². The van der Waals surface area contributed by atoms with Crippen LogP contribution in [0.15, 0.2) is 24.4 Å². The molecule has 0 fully saturated rings. The maximum Gasteiger partial charge on any atom is 0.275 e. The number of amides is 2. The Kier molecular flexibility index (Phi) is 3.34. The third-order valence-corrected chi connectivity index (χ3v) is 4.61. The summed E-state index contributed by atoms with van der Waals surface area (Å²) >= 11 is 0. The highest BCUT2D eigenvalue weighted by atomic mass is 16.2. The molecule has 8 nitrogen and oxygen atoms in total. The van der Waals surface area contributed by atoms with Gasteiger partial charge in [-0.25, -0.2) is 4.98 Å². The Morgan fingerprint density at radius 3 is 2.80 bits per heavy atom. The van der Waals surface area contributed by atoms with Gasteiger partial charge in [-0.2, -0.15) is 5.10 Å². The van der Waals surface area contributed by atoms with Crippen LogP contribution in [-0.4, -0.2) is 42.6 Å². The molecule has 0 spiro atoms. The topological polar surface area (TPSA) is 99.0 Å². The van der Waals surface area contributed by atoms with Crippen LogP contribution in [0.2, 0.25) is 0 Å². The van der Waals surface area contributed by atoms with Crippen molar-refractivity contribution in [3.8, 4) is 0 Å². The molecule has 0 radical (unpaired) electrons. The van der Waals surface area contributed by atoms with E-state index in [0.29, 0.717) is 36.8 Å². The summed E-state index contributed by atoms with van der Waals surface area (Å²) in [7, 11) is 1.83. The number of fused-ring (bicyclic) bond motifs is 2. The number of hydrogen-bond donors (Lipinski definition) is 1. The van der Waals surface area contributed by atoms with Crippen molar-refractivity contribution in [2.24, 2.45) is 12.8 Å². The summed E-state index contributed by atoms with van der Waals surface area (Å²) in [5, 5.41) is 5.27. The maximum absolute atomic E-state index is 13.0. The third kappa shape index (κ3) is 2.37. The number of rotatable bonds is 2. The zero-order chi connectivity index (χ0) is 17.7. The highest BCUT2D eigenvalue weighted by Gasteiger charge is 2.28. The number of aryl methyl sites for hydroxylation is 2. The standard InChI is InChI=1S/C17H18N6O2/c1-10-3-4-12-11(7-10)15(20-21(12)2)17(25)22-5-6-23-13(16(18)24)8-19-14(23)9-22/h3-4,7-8H,5-6,9H2,1-2H3,(H2,18,24). The Morgan fingerprint density at radius 2 is 2.04 bits per heavy atom. The smallest absolute Gasteiger partial charge is 0.275 e. The number of carbonyl (C=O) groups excluding carboxylic acids is 2. The van der Waals surface area contributed by atoms with Crippen LogP contribution < -0.4 is 5.73 Å². The molecule has 0 saturated heterocycles. The largest absolute Gasteiger partial charge is 0.364 e. The van der Waals surface area contributed by atoms with E-state index in [9.17, 15) is 9.59 Å². The zero-order valence-electron chi connectivity index (χ0n) is 14.1. The summed E-state index contributed by atoms with van der Waals surface area (Å²) in [6, 6.07) is 5.95. The lowest BCUT2D eigenvalue weighted by Crippen LogP contribution is -2.39. The van der Waals surface area contributed by atoms with Gasteiger partial charge in [0.1, 0.15) is 11.5 Å². The number of imidazole rings is 1. The van der Waals surface area contributed by atoms with E-state index in [1.54, 1.807) is 14.1 Å². The molecular formula is C17H18N6O2. The van der Waals surface area contributed by atoms with E-state index in [4.69, 9.17) is 5.73 Å². The molecular weight excluding hydrogens is 320 g/mol. The molecule has 1 aromatic carbocycles. The molecule has 3 heterocycles. The van der Waals surface area contributed by atoms with Crippen LogP contribution in [0.25, 0.3) is 10.9 Å². The van der Waals surface area contributed by atoms with E-state index in [0.717, 1.165) is 16.5 Å².